The van der Waals surface area contributed by atoms with E-state index in [4.69, 9.17) is 9.26 Å². The molecule has 2 aromatic rings. The summed E-state index contributed by atoms with van der Waals surface area (Å²) in [5.41, 5.74) is 0.480. The molecule has 0 bridgehead atoms. The van der Waals surface area contributed by atoms with Gasteiger partial charge in [0.15, 0.2) is 5.78 Å². The van der Waals surface area contributed by atoms with Gasteiger partial charge in [0, 0.05) is 11.8 Å². The van der Waals surface area contributed by atoms with Crippen LogP contribution in [-0.4, -0.2) is 44.7 Å². The largest absolute Gasteiger partial charge is 0.480 e. The first-order valence-corrected chi connectivity index (χ1v) is 6.75. The lowest BCUT2D eigenvalue weighted by atomic mass is 10.1. The number of thioether (sulfide) groups is 1. The molecule has 1 unspecified atom stereocenters. The fraction of sp³-hybridized carbons (Fsp3) is 0.364. The Kier molecular flexibility index (Phi) is 3.16. The summed E-state index contributed by atoms with van der Waals surface area (Å²) in [6.45, 7) is 0. The van der Waals surface area contributed by atoms with Crippen molar-refractivity contribution in [3.8, 4) is 17.4 Å². The maximum absolute atomic E-state index is 11.6. The summed E-state index contributed by atoms with van der Waals surface area (Å²) in [6, 6.07) is 3.35. The van der Waals surface area contributed by atoms with Gasteiger partial charge in [-0.1, -0.05) is 5.16 Å². The zero-order valence-electron chi connectivity index (χ0n) is 10.1. The van der Waals surface area contributed by atoms with E-state index < -0.39 is 0 Å². The fourth-order valence-electron chi connectivity index (χ4n) is 1.71. The van der Waals surface area contributed by atoms with Crippen LogP contribution >= 0.6 is 11.8 Å². The van der Waals surface area contributed by atoms with Gasteiger partial charge < -0.3 is 9.26 Å². The minimum Gasteiger partial charge on any atom is -0.480 e. The van der Waals surface area contributed by atoms with Gasteiger partial charge in [-0.05, 0) is 6.07 Å². The third-order valence-corrected chi connectivity index (χ3v) is 3.79. The normalized spacial score (nSPS) is 18.8. The lowest BCUT2D eigenvalue weighted by Gasteiger charge is -1.98. The van der Waals surface area contributed by atoms with E-state index >= 15 is 0 Å². The first-order valence-electron chi connectivity index (χ1n) is 5.60. The molecule has 98 valence electrons. The predicted molar refractivity (Wildman–Crippen MR) is 66.9 cm³/mol. The topological polar surface area (TPSA) is 91.0 Å². The Morgan fingerprint density at radius 3 is 2.95 bits per heavy atom. The SMILES string of the molecule is COc1ccc(-c2noc(C3CSCC3=O)n2)nn1. The average molecular weight is 278 g/mol. The van der Waals surface area contributed by atoms with Crippen LogP contribution in [0.4, 0.5) is 0 Å². The Balaban J connectivity index is 1.85. The standard InChI is InChI=1S/C11H10N4O3S/c1-17-9-3-2-7(13-14-9)10-12-11(18-15-10)6-4-19-5-8(6)16/h2-3,6H,4-5H2,1H3. The van der Waals surface area contributed by atoms with Gasteiger partial charge in [-0.2, -0.15) is 16.7 Å². The number of hydrogen-bond acceptors (Lipinski definition) is 8. The van der Waals surface area contributed by atoms with Crippen molar-refractivity contribution in [2.45, 2.75) is 5.92 Å². The van der Waals surface area contributed by atoms with E-state index in [1.807, 2.05) is 0 Å². The van der Waals surface area contributed by atoms with Crippen LogP contribution in [0.2, 0.25) is 0 Å². The van der Waals surface area contributed by atoms with E-state index in [0.29, 0.717) is 34.8 Å². The number of carbonyl (C=O) groups excluding carboxylic acids is 1. The number of ketones is 1. The van der Waals surface area contributed by atoms with E-state index in [9.17, 15) is 4.79 Å². The lowest BCUT2D eigenvalue weighted by Crippen LogP contribution is -2.09. The lowest BCUT2D eigenvalue weighted by molar-refractivity contribution is -0.117. The first-order chi connectivity index (χ1) is 9.28. The first kappa shape index (κ1) is 12.1. The molecule has 0 radical (unpaired) electrons. The molecule has 0 N–H and O–H groups in total. The Morgan fingerprint density at radius 2 is 2.32 bits per heavy atom. The molecule has 0 aromatic carbocycles. The van der Waals surface area contributed by atoms with Crippen molar-refractivity contribution in [3.05, 3.63) is 18.0 Å². The van der Waals surface area contributed by atoms with Crippen LogP contribution in [0.15, 0.2) is 16.7 Å². The second kappa shape index (κ2) is 4.96. The van der Waals surface area contributed by atoms with Crippen LogP contribution < -0.4 is 4.74 Å². The van der Waals surface area contributed by atoms with Gasteiger partial charge in [0.1, 0.15) is 11.6 Å². The summed E-state index contributed by atoms with van der Waals surface area (Å²) in [5, 5.41) is 11.6. The van der Waals surface area contributed by atoms with Crippen LogP contribution in [0.1, 0.15) is 11.8 Å². The van der Waals surface area contributed by atoms with Crippen LogP contribution in [0, 0.1) is 0 Å². The minimum absolute atomic E-state index is 0.126. The molecular weight excluding hydrogens is 268 g/mol. The molecule has 7 nitrogen and oxygen atoms in total. The van der Waals surface area contributed by atoms with Crippen molar-refractivity contribution in [1.29, 1.82) is 0 Å². The Labute approximate surface area is 112 Å². The zero-order valence-corrected chi connectivity index (χ0v) is 10.9. The molecule has 1 saturated heterocycles. The van der Waals surface area contributed by atoms with Crippen LogP contribution in [0.25, 0.3) is 11.5 Å². The maximum atomic E-state index is 11.6. The van der Waals surface area contributed by atoms with Crippen LogP contribution in [-0.2, 0) is 4.79 Å². The average Bonchev–Trinajstić information content (AvgIpc) is 3.07. The van der Waals surface area contributed by atoms with Crippen molar-refractivity contribution in [2.75, 3.05) is 18.6 Å². The molecular formula is C11H10N4O3S. The summed E-state index contributed by atoms with van der Waals surface area (Å²) in [7, 11) is 1.51. The monoisotopic (exact) mass is 278 g/mol. The molecule has 1 aliphatic heterocycles. The number of nitrogens with zero attached hydrogens (tertiary/aromatic N) is 4. The van der Waals surface area contributed by atoms with Gasteiger partial charge in [-0.3, -0.25) is 4.79 Å². The smallest absolute Gasteiger partial charge is 0.238 e. The van der Waals surface area contributed by atoms with Crippen molar-refractivity contribution >= 4 is 17.5 Å². The van der Waals surface area contributed by atoms with Crippen molar-refractivity contribution in [3.63, 3.8) is 0 Å². The van der Waals surface area contributed by atoms with Crippen LogP contribution in [0.3, 0.4) is 0 Å². The molecule has 3 rings (SSSR count). The molecule has 1 aliphatic rings. The maximum Gasteiger partial charge on any atom is 0.238 e. The van der Waals surface area contributed by atoms with E-state index in [1.165, 1.54) is 7.11 Å². The molecule has 0 aliphatic carbocycles. The van der Waals surface area contributed by atoms with Crippen LogP contribution in [0.5, 0.6) is 5.88 Å². The minimum atomic E-state index is -0.294. The fourth-order valence-corrected chi connectivity index (χ4v) is 2.79. The molecule has 0 spiro atoms. The molecule has 1 atom stereocenters. The summed E-state index contributed by atoms with van der Waals surface area (Å²) < 4.78 is 10.1. The van der Waals surface area contributed by atoms with Crippen molar-refractivity contribution in [2.24, 2.45) is 0 Å². The highest BCUT2D eigenvalue weighted by Gasteiger charge is 2.31. The number of aromatic nitrogens is 4. The summed E-state index contributed by atoms with van der Waals surface area (Å²) in [4.78, 5) is 15.8. The number of methoxy groups -OCH3 is 1. The molecule has 2 aromatic heterocycles. The second-order valence-electron chi connectivity index (χ2n) is 3.95. The Bertz CT molecular complexity index is 598. The predicted octanol–water partition coefficient (Wildman–Crippen LogP) is 0.935. The highest BCUT2D eigenvalue weighted by molar-refractivity contribution is 8.00. The highest BCUT2D eigenvalue weighted by Crippen LogP contribution is 2.29. The van der Waals surface area contributed by atoms with Gasteiger partial charge >= 0.3 is 0 Å². The number of Topliss-reactive ketones (excluding diaryl/α,β-unsaturated/α-hetero) is 1. The van der Waals surface area contributed by atoms with E-state index in [2.05, 4.69) is 20.3 Å². The van der Waals surface area contributed by atoms with Crippen molar-refractivity contribution in [1.82, 2.24) is 20.3 Å². The molecule has 3 heterocycles. The van der Waals surface area contributed by atoms with Crippen molar-refractivity contribution < 1.29 is 14.1 Å². The number of rotatable bonds is 3. The van der Waals surface area contributed by atoms with Gasteiger partial charge in [-0.25, -0.2) is 0 Å². The zero-order chi connectivity index (χ0) is 13.2. The van der Waals surface area contributed by atoms with Gasteiger partial charge in [0.05, 0.1) is 12.9 Å². The molecule has 0 amide bonds. The molecule has 0 saturated carbocycles. The third-order valence-electron chi connectivity index (χ3n) is 2.74. The summed E-state index contributed by atoms with van der Waals surface area (Å²) in [5.74, 6) is 2.12. The quantitative estimate of drug-likeness (QED) is 0.819. The Morgan fingerprint density at radius 1 is 1.42 bits per heavy atom. The number of hydrogen-bond donors (Lipinski definition) is 0. The molecule has 8 heteroatoms. The van der Waals surface area contributed by atoms with Gasteiger partial charge in [-0.15, -0.1) is 10.2 Å². The summed E-state index contributed by atoms with van der Waals surface area (Å²) >= 11 is 1.57. The summed E-state index contributed by atoms with van der Waals surface area (Å²) in [6.07, 6.45) is 0. The number of carbonyl (C=O) groups is 1. The number of ether oxygens (including phenoxy) is 1. The molecule has 1 fully saturated rings. The highest BCUT2D eigenvalue weighted by atomic mass is 32.2. The van der Waals surface area contributed by atoms with E-state index in [-0.39, 0.29) is 11.7 Å². The van der Waals surface area contributed by atoms with E-state index in [1.54, 1.807) is 23.9 Å². The van der Waals surface area contributed by atoms with Gasteiger partial charge in [0.25, 0.3) is 0 Å². The second-order valence-corrected chi connectivity index (χ2v) is 4.98. The molecule has 19 heavy (non-hydrogen) atoms. The van der Waals surface area contributed by atoms with Gasteiger partial charge in [0.2, 0.25) is 17.6 Å². The third kappa shape index (κ3) is 2.30. The Hall–Kier alpha value is -1.96. The van der Waals surface area contributed by atoms with E-state index in [0.717, 1.165) is 0 Å².